The quantitative estimate of drug-likeness (QED) is 0.331. The van der Waals surface area contributed by atoms with Crippen molar-refractivity contribution in [3.8, 4) is 0 Å². The van der Waals surface area contributed by atoms with E-state index in [2.05, 4.69) is 36.2 Å². The van der Waals surface area contributed by atoms with Gasteiger partial charge in [0, 0.05) is 23.6 Å². The number of nitrogens with zero attached hydrogens (tertiary/aromatic N) is 4. The third-order valence-electron chi connectivity index (χ3n) is 5.79. The maximum absolute atomic E-state index is 12.8. The lowest BCUT2D eigenvalue weighted by molar-refractivity contribution is -0.124. The number of piperidine rings is 1. The van der Waals surface area contributed by atoms with Gasteiger partial charge in [-0.05, 0) is 44.5 Å². The summed E-state index contributed by atoms with van der Waals surface area (Å²) in [7, 11) is 0. The van der Waals surface area contributed by atoms with Gasteiger partial charge in [-0.3, -0.25) is 19.4 Å². The summed E-state index contributed by atoms with van der Waals surface area (Å²) in [5, 5.41) is 22.2. The predicted molar refractivity (Wildman–Crippen MR) is 127 cm³/mol. The first kappa shape index (κ1) is 21.3. The molecule has 0 unspecified atom stereocenters. The minimum atomic E-state index is -0.240. The summed E-state index contributed by atoms with van der Waals surface area (Å²) in [5.74, 6) is 0.648. The molecular weight excluding hydrogens is 440 g/mol. The highest BCUT2D eigenvalue weighted by Crippen LogP contribution is 2.28. The predicted octanol–water partition coefficient (Wildman–Crippen LogP) is 3.09. The maximum atomic E-state index is 12.8. The Balaban J connectivity index is 1.22. The topological polar surface area (TPSA) is 130 Å². The number of aromatic amines is 1. The number of benzene rings is 1. The molecule has 1 amide bonds. The Bertz CT molecular complexity index is 1300. The van der Waals surface area contributed by atoms with E-state index in [1.807, 2.05) is 19.1 Å². The van der Waals surface area contributed by atoms with Gasteiger partial charge in [0.05, 0.1) is 30.1 Å². The zero-order valence-electron chi connectivity index (χ0n) is 18.1. The molecule has 0 bridgehead atoms. The fraction of sp³-hybridized carbons (Fsp3) is 0.318. The van der Waals surface area contributed by atoms with Gasteiger partial charge in [-0.1, -0.05) is 17.4 Å². The normalized spacial score (nSPS) is 14.5. The molecule has 1 aliphatic heterocycles. The van der Waals surface area contributed by atoms with E-state index in [0.717, 1.165) is 48.1 Å². The maximum Gasteiger partial charge on any atom is 0.267 e. The molecule has 1 aromatic carbocycles. The van der Waals surface area contributed by atoms with Gasteiger partial charge in [0.15, 0.2) is 16.7 Å². The van der Waals surface area contributed by atoms with E-state index in [-0.39, 0.29) is 24.2 Å². The van der Waals surface area contributed by atoms with E-state index in [9.17, 15) is 9.59 Å². The Labute approximate surface area is 193 Å². The molecule has 4 aromatic rings. The highest BCUT2D eigenvalue weighted by molar-refractivity contribution is 7.17. The fourth-order valence-electron chi connectivity index (χ4n) is 3.96. The van der Waals surface area contributed by atoms with Gasteiger partial charge in [0.2, 0.25) is 0 Å². The molecule has 4 N–H and O–H groups in total. The van der Waals surface area contributed by atoms with E-state index in [4.69, 9.17) is 0 Å². The van der Waals surface area contributed by atoms with Crippen molar-refractivity contribution in [3.63, 3.8) is 0 Å². The molecule has 1 fully saturated rings. The summed E-state index contributed by atoms with van der Waals surface area (Å²) in [4.78, 5) is 30.1. The highest BCUT2D eigenvalue weighted by atomic mass is 32.1. The molecule has 1 saturated heterocycles. The van der Waals surface area contributed by atoms with Gasteiger partial charge in [0.25, 0.3) is 5.91 Å². The summed E-state index contributed by atoms with van der Waals surface area (Å²) < 4.78 is 1.64. The summed E-state index contributed by atoms with van der Waals surface area (Å²) in [6.07, 6.45) is 6.76. The number of H-pyrrole nitrogens is 1. The van der Waals surface area contributed by atoms with Crippen LogP contribution in [-0.2, 0) is 11.3 Å². The van der Waals surface area contributed by atoms with E-state index in [1.54, 1.807) is 23.1 Å². The average molecular weight is 465 g/mol. The molecule has 33 heavy (non-hydrogen) atoms. The number of hydrogen-bond acceptors (Lipinski definition) is 8. The van der Waals surface area contributed by atoms with Crippen molar-refractivity contribution in [1.82, 2.24) is 30.3 Å². The lowest BCUT2D eigenvalue weighted by Crippen LogP contribution is -2.33. The molecule has 0 spiro atoms. The van der Waals surface area contributed by atoms with Crippen LogP contribution in [0, 0.1) is 12.8 Å². The van der Waals surface area contributed by atoms with Crippen molar-refractivity contribution in [1.29, 1.82) is 0 Å². The van der Waals surface area contributed by atoms with Crippen molar-refractivity contribution in [2.75, 3.05) is 23.7 Å². The van der Waals surface area contributed by atoms with Gasteiger partial charge in [-0.15, -0.1) is 0 Å². The largest absolute Gasteiger partial charge is 0.320 e. The van der Waals surface area contributed by atoms with Crippen LogP contribution in [0.1, 0.15) is 28.1 Å². The number of nitrogens with one attached hydrogen (secondary N) is 4. The smallest absolute Gasteiger partial charge is 0.267 e. The number of aryl methyl sites for hydroxylation is 1. The summed E-state index contributed by atoms with van der Waals surface area (Å²) in [5.41, 5.74) is 2.53. The summed E-state index contributed by atoms with van der Waals surface area (Å²) >= 11 is 1.23. The molecule has 5 rings (SSSR count). The van der Waals surface area contributed by atoms with Crippen LogP contribution < -0.4 is 16.0 Å². The number of rotatable bonds is 7. The third-order valence-corrected chi connectivity index (χ3v) is 6.70. The number of fused-ring (bicyclic) bond motifs is 1. The molecule has 3 aromatic heterocycles. The second kappa shape index (κ2) is 9.12. The number of ketones is 1. The van der Waals surface area contributed by atoms with Crippen LogP contribution in [0.4, 0.5) is 16.6 Å². The van der Waals surface area contributed by atoms with Gasteiger partial charge in [-0.25, -0.2) is 4.98 Å². The van der Waals surface area contributed by atoms with E-state index >= 15 is 0 Å². The first-order valence-corrected chi connectivity index (χ1v) is 11.6. The zero-order valence-corrected chi connectivity index (χ0v) is 18.9. The van der Waals surface area contributed by atoms with Crippen LogP contribution in [0.25, 0.3) is 10.9 Å². The average Bonchev–Trinajstić information content (AvgIpc) is 3.58. The number of anilines is 3. The molecule has 10 nitrogen and oxygen atoms in total. The SMILES string of the molecule is Cc1ccc2[nH]ncc2c1NC(=O)c1cnc(Nc2ccn(CC(=O)C3CCNCC3)n2)s1. The number of carbonyl (C=O) groups is 2. The van der Waals surface area contributed by atoms with Crippen LogP contribution in [0.15, 0.2) is 36.8 Å². The molecule has 170 valence electrons. The molecule has 11 heteroatoms. The third kappa shape index (κ3) is 4.64. The number of carbonyl (C=O) groups excluding carboxylic acids is 2. The van der Waals surface area contributed by atoms with Crippen LogP contribution in [0.2, 0.25) is 0 Å². The molecule has 0 aliphatic carbocycles. The number of aromatic nitrogens is 5. The Morgan fingerprint density at radius 3 is 2.91 bits per heavy atom. The van der Waals surface area contributed by atoms with Crippen molar-refractivity contribution < 1.29 is 9.59 Å². The molecule has 4 heterocycles. The lowest BCUT2D eigenvalue weighted by Gasteiger charge is -2.21. The van der Waals surface area contributed by atoms with Crippen molar-refractivity contribution >= 4 is 50.6 Å². The van der Waals surface area contributed by atoms with Crippen LogP contribution >= 0.6 is 11.3 Å². The first-order valence-electron chi connectivity index (χ1n) is 10.8. The van der Waals surface area contributed by atoms with Gasteiger partial charge in [-0.2, -0.15) is 10.2 Å². The first-order chi connectivity index (χ1) is 16.1. The Morgan fingerprint density at radius 2 is 2.06 bits per heavy atom. The molecule has 1 aliphatic rings. The van der Waals surface area contributed by atoms with Crippen LogP contribution in [-0.4, -0.2) is 49.7 Å². The Kier molecular flexibility index (Phi) is 5.88. The number of hydrogen-bond donors (Lipinski definition) is 4. The molecule has 0 atom stereocenters. The van der Waals surface area contributed by atoms with Gasteiger partial charge in [0.1, 0.15) is 4.88 Å². The van der Waals surface area contributed by atoms with E-state index < -0.39 is 0 Å². The highest BCUT2D eigenvalue weighted by Gasteiger charge is 2.21. The molecule has 0 radical (unpaired) electrons. The van der Waals surface area contributed by atoms with Gasteiger partial charge < -0.3 is 16.0 Å². The van der Waals surface area contributed by atoms with Crippen molar-refractivity contribution in [2.45, 2.75) is 26.3 Å². The zero-order chi connectivity index (χ0) is 22.8. The van der Waals surface area contributed by atoms with E-state index in [1.165, 1.54) is 17.5 Å². The minimum absolute atomic E-state index is 0.100. The Hall–Kier alpha value is -3.57. The standard InChI is InChI=1S/C22H24N8O2S/c1-13-2-3-16-15(10-25-28-16)20(13)27-21(32)18-11-24-22(33-18)26-19-6-9-30(29-19)12-17(31)14-4-7-23-8-5-14/h2-3,6,9-11,14,23H,4-5,7-8,12H2,1H3,(H,25,28)(H,27,32)(H,24,26,29). The summed E-state index contributed by atoms with van der Waals surface area (Å²) in [6.45, 7) is 3.98. The van der Waals surface area contributed by atoms with Gasteiger partial charge >= 0.3 is 0 Å². The van der Waals surface area contributed by atoms with Crippen LogP contribution in [0.3, 0.4) is 0 Å². The number of thiazole rings is 1. The molecular formula is C22H24N8O2S. The number of Topliss-reactive ketones (excluding diaryl/α,β-unsaturated/α-hetero) is 1. The number of amides is 1. The van der Waals surface area contributed by atoms with E-state index in [0.29, 0.717) is 15.8 Å². The summed E-state index contributed by atoms with van der Waals surface area (Å²) in [6, 6.07) is 5.66. The van der Waals surface area contributed by atoms with Crippen LogP contribution in [0.5, 0.6) is 0 Å². The van der Waals surface area contributed by atoms with Crippen molar-refractivity contribution in [2.24, 2.45) is 5.92 Å². The van der Waals surface area contributed by atoms with Crippen molar-refractivity contribution in [3.05, 3.63) is 47.2 Å². The fourth-order valence-corrected chi connectivity index (χ4v) is 4.68. The Morgan fingerprint density at radius 1 is 1.21 bits per heavy atom. The molecule has 0 saturated carbocycles. The second-order valence-electron chi connectivity index (χ2n) is 8.09. The monoisotopic (exact) mass is 464 g/mol. The lowest BCUT2D eigenvalue weighted by atomic mass is 9.93. The minimum Gasteiger partial charge on any atom is -0.320 e. The second-order valence-corrected chi connectivity index (χ2v) is 9.12.